The molecule has 0 saturated carbocycles. The molecule has 1 aromatic rings. The van der Waals surface area contributed by atoms with Crippen molar-refractivity contribution >= 4 is 11.6 Å². The van der Waals surface area contributed by atoms with Gasteiger partial charge < -0.3 is 10.2 Å². The van der Waals surface area contributed by atoms with E-state index in [1.165, 1.54) is 6.07 Å². The van der Waals surface area contributed by atoms with Gasteiger partial charge in [-0.3, -0.25) is 14.9 Å². The molecule has 1 aromatic carbocycles. The number of para-hydroxylation sites is 1. The first kappa shape index (κ1) is 13.5. The van der Waals surface area contributed by atoms with Crippen LogP contribution in [0.15, 0.2) is 24.3 Å². The van der Waals surface area contributed by atoms with Gasteiger partial charge in [0.2, 0.25) is 5.91 Å². The van der Waals surface area contributed by atoms with Crippen LogP contribution in [0, 0.1) is 10.1 Å². The molecule has 1 amide bonds. The summed E-state index contributed by atoms with van der Waals surface area (Å²) in [4.78, 5) is 24.3. The highest BCUT2D eigenvalue weighted by Crippen LogP contribution is 2.22. The van der Waals surface area contributed by atoms with Crippen molar-refractivity contribution in [3.8, 4) is 0 Å². The third-order valence-electron chi connectivity index (χ3n) is 3.30. The molecule has 1 unspecified atom stereocenters. The molecule has 1 heterocycles. The summed E-state index contributed by atoms with van der Waals surface area (Å²) in [6, 6.07) is 6.41. The number of hydrogen-bond donors (Lipinski definition) is 1. The van der Waals surface area contributed by atoms with E-state index in [1.807, 2.05) is 6.92 Å². The second-order valence-electron chi connectivity index (χ2n) is 4.54. The summed E-state index contributed by atoms with van der Waals surface area (Å²) < 4.78 is 0. The van der Waals surface area contributed by atoms with Gasteiger partial charge >= 0.3 is 0 Å². The number of nitro groups is 1. The van der Waals surface area contributed by atoms with Crippen LogP contribution in [-0.2, 0) is 11.3 Å². The second-order valence-corrected chi connectivity index (χ2v) is 4.54. The lowest BCUT2D eigenvalue weighted by molar-refractivity contribution is -0.385. The first-order valence-electron chi connectivity index (χ1n) is 6.38. The van der Waals surface area contributed by atoms with Crippen LogP contribution in [-0.4, -0.2) is 34.9 Å². The summed E-state index contributed by atoms with van der Waals surface area (Å²) in [5.74, 6) is 0.0278. The zero-order valence-corrected chi connectivity index (χ0v) is 10.8. The minimum absolute atomic E-state index is 0.0278. The molecule has 0 aromatic heterocycles. The number of amides is 1. The predicted octanol–water partition coefficient (Wildman–Crippen LogP) is 1.31. The van der Waals surface area contributed by atoms with E-state index >= 15 is 0 Å². The Kier molecular flexibility index (Phi) is 4.11. The summed E-state index contributed by atoms with van der Waals surface area (Å²) in [6.07, 6.45) is 0.757. The number of likely N-dealkylation sites (N-methyl/N-ethyl adjacent to an activating group) is 1. The third-order valence-corrected chi connectivity index (χ3v) is 3.30. The van der Waals surface area contributed by atoms with E-state index in [2.05, 4.69) is 5.32 Å². The third kappa shape index (κ3) is 2.90. The van der Waals surface area contributed by atoms with Crippen LogP contribution in [0.5, 0.6) is 0 Å². The maximum atomic E-state index is 12.1. The van der Waals surface area contributed by atoms with Crippen molar-refractivity contribution < 1.29 is 9.72 Å². The Labute approximate surface area is 111 Å². The fourth-order valence-electron chi connectivity index (χ4n) is 2.36. The SMILES string of the molecule is CCNC1CCN(Cc2ccccc2[N+](=O)[O-])C1=O. The minimum Gasteiger partial charge on any atom is -0.337 e. The van der Waals surface area contributed by atoms with Crippen LogP contribution in [0.3, 0.4) is 0 Å². The predicted molar refractivity (Wildman–Crippen MR) is 70.6 cm³/mol. The molecule has 1 aliphatic rings. The van der Waals surface area contributed by atoms with Crippen molar-refractivity contribution in [3.63, 3.8) is 0 Å². The van der Waals surface area contributed by atoms with Crippen molar-refractivity contribution in [1.29, 1.82) is 0 Å². The number of carbonyl (C=O) groups is 1. The second kappa shape index (κ2) is 5.79. The van der Waals surface area contributed by atoms with Gasteiger partial charge in [-0.2, -0.15) is 0 Å². The molecule has 0 spiro atoms. The van der Waals surface area contributed by atoms with Crippen LogP contribution in [0.1, 0.15) is 18.9 Å². The first-order valence-corrected chi connectivity index (χ1v) is 6.38. The van der Waals surface area contributed by atoms with Crippen LogP contribution >= 0.6 is 0 Å². The van der Waals surface area contributed by atoms with E-state index in [0.717, 1.165) is 13.0 Å². The number of carbonyl (C=O) groups excluding carboxylic acids is 1. The van der Waals surface area contributed by atoms with Crippen molar-refractivity contribution in [2.45, 2.75) is 25.9 Å². The Morgan fingerprint density at radius 2 is 2.21 bits per heavy atom. The van der Waals surface area contributed by atoms with E-state index in [-0.39, 0.29) is 17.6 Å². The molecule has 0 radical (unpaired) electrons. The number of nitrogens with zero attached hydrogens (tertiary/aromatic N) is 2. The van der Waals surface area contributed by atoms with Crippen molar-refractivity contribution in [2.75, 3.05) is 13.1 Å². The molecular formula is C13H17N3O3. The lowest BCUT2D eigenvalue weighted by Gasteiger charge is -2.17. The van der Waals surface area contributed by atoms with Gasteiger partial charge in [0.05, 0.1) is 17.5 Å². The molecule has 6 nitrogen and oxygen atoms in total. The van der Waals surface area contributed by atoms with Crippen LogP contribution in [0.2, 0.25) is 0 Å². The van der Waals surface area contributed by atoms with Gasteiger partial charge in [-0.1, -0.05) is 25.1 Å². The highest BCUT2D eigenvalue weighted by atomic mass is 16.6. The summed E-state index contributed by atoms with van der Waals surface area (Å²) in [5.41, 5.74) is 0.653. The fraction of sp³-hybridized carbons (Fsp3) is 0.462. The first-order chi connectivity index (χ1) is 9.13. The monoisotopic (exact) mass is 263 g/mol. The normalized spacial score (nSPS) is 18.9. The molecule has 102 valence electrons. The number of rotatable bonds is 5. The summed E-state index contributed by atoms with van der Waals surface area (Å²) in [6.45, 7) is 3.65. The lowest BCUT2D eigenvalue weighted by atomic mass is 10.1. The van der Waals surface area contributed by atoms with Crippen LogP contribution < -0.4 is 5.32 Å². The van der Waals surface area contributed by atoms with Gasteiger partial charge in [-0.05, 0) is 13.0 Å². The van der Waals surface area contributed by atoms with Gasteiger partial charge in [0.25, 0.3) is 5.69 Å². The molecule has 0 bridgehead atoms. The van der Waals surface area contributed by atoms with Crippen molar-refractivity contribution in [2.24, 2.45) is 0 Å². The van der Waals surface area contributed by atoms with Gasteiger partial charge in [0.1, 0.15) is 0 Å². The summed E-state index contributed by atoms with van der Waals surface area (Å²) >= 11 is 0. The largest absolute Gasteiger partial charge is 0.337 e. The molecule has 19 heavy (non-hydrogen) atoms. The zero-order chi connectivity index (χ0) is 13.8. The molecule has 1 saturated heterocycles. The van der Waals surface area contributed by atoms with E-state index < -0.39 is 4.92 Å². The topological polar surface area (TPSA) is 75.5 Å². The molecule has 1 fully saturated rings. The molecule has 1 N–H and O–H groups in total. The number of hydrogen-bond acceptors (Lipinski definition) is 4. The van der Waals surface area contributed by atoms with Crippen LogP contribution in [0.25, 0.3) is 0 Å². The van der Waals surface area contributed by atoms with E-state index in [0.29, 0.717) is 18.7 Å². The maximum Gasteiger partial charge on any atom is 0.274 e. The quantitative estimate of drug-likeness (QED) is 0.642. The maximum absolute atomic E-state index is 12.1. The number of nitrogens with one attached hydrogen (secondary N) is 1. The zero-order valence-electron chi connectivity index (χ0n) is 10.8. The Morgan fingerprint density at radius 3 is 2.89 bits per heavy atom. The van der Waals surface area contributed by atoms with E-state index in [4.69, 9.17) is 0 Å². The molecular weight excluding hydrogens is 246 g/mol. The van der Waals surface area contributed by atoms with Crippen LogP contribution in [0.4, 0.5) is 5.69 Å². The highest BCUT2D eigenvalue weighted by Gasteiger charge is 2.31. The molecule has 2 rings (SSSR count). The minimum atomic E-state index is -0.405. The Balaban J connectivity index is 2.10. The van der Waals surface area contributed by atoms with Gasteiger partial charge in [0, 0.05) is 18.2 Å². The Morgan fingerprint density at radius 1 is 1.47 bits per heavy atom. The number of benzene rings is 1. The van der Waals surface area contributed by atoms with Gasteiger partial charge in [-0.15, -0.1) is 0 Å². The smallest absolute Gasteiger partial charge is 0.274 e. The van der Waals surface area contributed by atoms with E-state index in [1.54, 1.807) is 23.1 Å². The average Bonchev–Trinajstić information content (AvgIpc) is 2.73. The molecule has 1 atom stereocenters. The highest BCUT2D eigenvalue weighted by molar-refractivity contribution is 5.84. The summed E-state index contributed by atoms with van der Waals surface area (Å²) in [5, 5.41) is 14.1. The summed E-state index contributed by atoms with van der Waals surface area (Å²) in [7, 11) is 0. The van der Waals surface area contributed by atoms with Crippen molar-refractivity contribution in [3.05, 3.63) is 39.9 Å². The van der Waals surface area contributed by atoms with Gasteiger partial charge in [-0.25, -0.2) is 0 Å². The van der Waals surface area contributed by atoms with E-state index in [9.17, 15) is 14.9 Å². The molecule has 0 aliphatic carbocycles. The standard InChI is InChI=1S/C13H17N3O3/c1-2-14-11-7-8-15(13(11)17)9-10-5-3-4-6-12(10)16(18)19/h3-6,11,14H,2,7-9H2,1H3. The van der Waals surface area contributed by atoms with Gasteiger partial charge in [0.15, 0.2) is 0 Å². The number of likely N-dealkylation sites (tertiary alicyclic amines) is 1. The lowest BCUT2D eigenvalue weighted by Crippen LogP contribution is -2.37. The molecule has 1 aliphatic heterocycles. The molecule has 6 heteroatoms. The Hall–Kier alpha value is -1.95. The number of nitro benzene ring substituents is 1. The average molecular weight is 263 g/mol. The fourth-order valence-corrected chi connectivity index (χ4v) is 2.36. The van der Waals surface area contributed by atoms with Crippen molar-refractivity contribution in [1.82, 2.24) is 10.2 Å². The Bertz CT molecular complexity index is 490.